The van der Waals surface area contributed by atoms with Gasteiger partial charge in [-0.25, -0.2) is 4.98 Å². The van der Waals surface area contributed by atoms with Crippen molar-refractivity contribution < 1.29 is 9.47 Å². The molecule has 1 aromatic carbocycles. The average molecular weight is 350 g/mol. The number of hydrogen-bond acceptors (Lipinski definition) is 3. The maximum atomic E-state index is 5.81. The Kier molecular flexibility index (Phi) is 4.35. The van der Waals surface area contributed by atoms with Crippen LogP contribution in [0.3, 0.4) is 0 Å². The van der Waals surface area contributed by atoms with Gasteiger partial charge < -0.3 is 13.9 Å². The summed E-state index contributed by atoms with van der Waals surface area (Å²) in [5.74, 6) is 2.37. The fraction of sp³-hybridized carbons (Fsp3) is 0.409. The molecule has 0 amide bonds. The lowest BCUT2D eigenvalue weighted by atomic mass is 9.93. The van der Waals surface area contributed by atoms with E-state index in [4.69, 9.17) is 9.47 Å². The summed E-state index contributed by atoms with van der Waals surface area (Å²) in [6.07, 6.45) is 10.8. The van der Waals surface area contributed by atoms with Crippen LogP contribution in [0.2, 0.25) is 0 Å². The van der Waals surface area contributed by atoms with E-state index in [1.807, 2.05) is 12.4 Å². The van der Waals surface area contributed by atoms with E-state index >= 15 is 0 Å². The summed E-state index contributed by atoms with van der Waals surface area (Å²) in [4.78, 5) is 4.64. The predicted octanol–water partition coefficient (Wildman–Crippen LogP) is 5.16. The summed E-state index contributed by atoms with van der Waals surface area (Å²) < 4.78 is 13.8. The fourth-order valence-electron chi connectivity index (χ4n) is 3.92. The number of nitrogens with zero attached hydrogens (tertiary/aromatic N) is 2. The van der Waals surface area contributed by atoms with Crippen LogP contribution in [0.4, 0.5) is 0 Å². The average Bonchev–Trinajstić information content (AvgIpc) is 3.39. The molecule has 4 heteroatoms. The molecule has 0 N–H and O–H groups in total. The van der Waals surface area contributed by atoms with Crippen LogP contribution < -0.4 is 9.47 Å². The lowest BCUT2D eigenvalue weighted by Crippen LogP contribution is -2.02. The Hall–Kier alpha value is -2.49. The molecule has 2 heterocycles. The van der Waals surface area contributed by atoms with Gasteiger partial charge >= 0.3 is 0 Å². The number of hydrogen-bond donors (Lipinski definition) is 0. The van der Waals surface area contributed by atoms with Gasteiger partial charge in [0.25, 0.3) is 0 Å². The van der Waals surface area contributed by atoms with Crippen LogP contribution >= 0.6 is 0 Å². The predicted molar refractivity (Wildman–Crippen MR) is 104 cm³/mol. The highest BCUT2D eigenvalue weighted by Gasteiger charge is 2.29. The number of aryl methyl sites for hydroxylation is 1. The van der Waals surface area contributed by atoms with Crippen molar-refractivity contribution >= 4 is 5.65 Å². The number of benzene rings is 1. The normalized spacial score (nSPS) is 14.0. The van der Waals surface area contributed by atoms with Crippen LogP contribution in [0.5, 0.6) is 11.5 Å². The first-order chi connectivity index (χ1) is 12.7. The van der Waals surface area contributed by atoms with E-state index in [1.54, 1.807) is 14.2 Å². The Morgan fingerprint density at radius 2 is 1.81 bits per heavy atom. The topological polar surface area (TPSA) is 35.8 Å². The van der Waals surface area contributed by atoms with Gasteiger partial charge in [-0.3, -0.25) is 0 Å². The van der Waals surface area contributed by atoms with Crippen molar-refractivity contribution in [3.05, 3.63) is 47.4 Å². The van der Waals surface area contributed by atoms with E-state index in [2.05, 4.69) is 41.6 Å². The highest BCUT2D eigenvalue weighted by Crippen LogP contribution is 2.48. The lowest BCUT2D eigenvalue weighted by molar-refractivity contribution is 0.396. The van der Waals surface area contributed by atoms with Crippen molar-refractivity contribution in [2.45, 2.75) is 45.4 Å². The second kappa shape index (κ2) is 6.67. The van der Waals surface area contributed by atoms with Gasteiger partial charge in [0.15, 0.2) is 0 Å². The number of imidazole rings is 1. The van der Waals surface area contributed by atoms with Crippen LogP contribution in [0.1, 0.15) is 48.8 Å². The van der Waals surface area contributed by atoms with Crippen LogP contribution in [0, 0.1) is 6.92 Å². The van der Waals surface area contributed by atoms with Gasteiger partial charge in [-0.2, -0.15) is 0 Å². The first-order valence-corrected chi connectivity index (χ1v) is 9.39. The molecule has 0 atom stereocenters. The third-order valence-electron chi connectivity index (χ3n) is 5.35. The van der Waals surface area contributed by atoms with Gasteiger partial charge in [0.1, 0.15) is 17.1 Å². The highest BCUT2D eigenvalue weighted by molar-refractivity contribution is 5.89. The van der Waals surface area contributed by atoms with Gasteiger partial charge in [-0.05, 0) is 60.9 Å². The summed E-state index contributed by atoms with van der Waals surface area (Å²) in [5.41, 5.74) is 7.01. The smallest absolute Gasteiger partial charge is 0.145 e. The molecule has 136 valence electrons. The van der Waals surface area contributed by atoms with E-state index in [0.29, 0.717) is 5.92 Å². The monoisotopic (exact) mass is 350 g/mol. The minimum absolute atomic E-state index is 0.664. The Labute approximate surface area is 154 Å². The zero-order chi connectivity index (χ0) is 18.3. The van der Waals surface area contributed by atoms with Gasteiger partial charge in [0.2, 0.25) is 0 Å². The molecule has 4 rings (SSSR count). The van der Waals surface area contributed by atoms with Crippen LogP contribution in [-0.2, 0) is 6.42 Å². The molecule has 0 bridgehead atoms. The zero-order valence-electron chi connectivity index (χ0n) is 16.0. The Morgan fingerprint density at radius 1 is 1.12 bits per heavy atom. The molecule has 0 aliphatic heterocycles. The molecule has 4 nitrogen and oxygen atoms in total. The molecule has 0 saturated heterocycles. The molecule has 0 spiro atoms. The van der Waals surface area contributed by atoms with Crippen molar-refractivity contribution in [3.63, 3.8) is 0 Å². The summed E-state index contributed by atoms with van der Waals surface area (Å²) in [6.45, 7) is 4.39. The number of rotatable bonds is 6. The summed E-state index contributed by atoms with van der Waals surface area (Å²) in [7, 11) is 3.47. The van der Waals surface area contributed by atoms with Gasteiger partial charge in [-0.15, -0.1) is 0 Å². The first kappa shape index (κ1) is 17.0. The van der Waals surface area contributed by atoms with Crippen molar-refractivity contribution in [3.8, 4) is 22.6 Å². The maximum Gasteiger partial charge on any atom is 0.145 e. The third-order valence-corrected chi connectivity index (χ3v) is 5.35. The maximum absolute atomic E-state index is 5.81. The second-order valence-corrected chi connectivity index (χ2v) is 7.14. The summed E-state index contributed by atoms with van der Waals surface area (Å²) >= 11 is 0. The van der Waals surface area contributed by atoms with Crippen molar-refractivity contribution in [1.29, 1.82) is 0 Å². The van der Waals surface area contributed by atoms with Gasteiger partial charge in [-0.1, -0.05) is 13.3 Å². The van der Waals surface area contributed by atoms with Gasteiger partial charge in [0, 0.05) is 24.2 Å². The van der Waals surface area contributed by atoms with Crippen LogP contribution in [0.15, 0.2) is 30.7 Å². The van der Waals surface area contributed by atoms with E-state index in [-0.39, 0.29) is 0 Å². The SMILES string of the molecule is CCCc1cc(OC)c(-c2c(C)c(C3CC3)cn3ccnc23)c(OC)c1. The van der Waals surface area contributed by atoms with Crippen molar-refractivity contribution in [1.82, 2.24) is 9.38 Å². The summed E-state index contributed by atoms with van der Waals surface area (Å²) in [5, 5.41) is 0. The Bertz CT molecular complexity index is 929. The summed E-state index contributed by atoms with van der Waals surface area (Å²) in [6, 6.07) is 4.29. The molecule has 26 heavy (non-hydrogen) atoms. The Balaban J connectivity index is 2.03. The lowest BCUT2D eigenvalue weighted by Gasteiger charge is -2.19. The van der Waals surface area contributed by atoms with E-state index in [0.717, 1.165) is 41.1 Å². The molecule has 0 unspecified atom stereocenters. The van der Waals surface area contributed by atoms with Gasteiger partial charge in [0.05, 0.1) is 19.8 Å². The van der Waals surface area contributed by atoms with Crippen molar-refractivity contribution in [2.75, 3.05) is 14.2 Å². The molecular weight excluding hydrogens is 324 g/mol. The highest BCUT2D eigenvalue weighted by atomic mass is 16.5. The molecule has 1 aliphatic carbocycles. The van der Waals surface area contributed by atoms with Crippen LogP contribution in [-0.4, -0.2) is 23.6 Å². The largest absolute Gasteiger partial charge is 0.496 e. The molecule has 3 aromatic rings. The van der Waals surface area contributed by atoms with E-state index in [9.17, 15) is 0 Å². The van der Waals surface area contributed by atoms with Crippen molar-refractivity contribution in [2.24, 2.45) is 0 Å². The molecule has 1 fully saturated rings. The fourth-order valence-corrected chi connectivity index (χ4v) is 3.92. The van der Waals surface area contributed by atoms with E-state index < -0.39 is 0 Å². The quantitative estimate of drug-likeness (QED) is 0.616. The number of methoxy groups -OCH3 is 2. The molecule has 0 radical (unpaired) electrons. The number of aromatic nitrogens is 2. The zero-order valence-corrected chi connectivity index (χ0v) is 16.0. The molecular formula is C22H26N2O2. The molecule has 1 saturated carbocycles. The van der Waals surface area contributed by atoms with E-state index in [1.165, 1.54) is 29.5 Å². The minimum Gasteiger partial charge on any atom is -0.496 e. The molecule has 2 aromatic heterocycles. The third kappa shape index (κ3) is 2.74. The number of ether oxygens (including phenoxy) is 2. The number of pyridine rings is 1. The Morgan fingerprint density at radius 3 is 2.38 bits per heavy atom. The second-order valence-electron chi connectivity index (χ2n) is 7.14. The standard InChI is InChI=1S/C22H26N2O2/c1-5-6-15-11-18(25-3)21(19(12-15)26-4)20-14(2)17(16-7-8-16)13-24-10-9-23-22(20)24/h9-13,16H,5-8H2,1-4H3. The first-order valence-electron chi connectivity index (χ1n) is 9.39. The molecule has 1 aliphatic rings. The van der Waals surface area contributed by atoms with Crippen LogP contribution in [0.25, 0.3) is 16.8 Å². The minimum atomic E-state index is 0.664. The number of fused-ring (bicyclic) bond motifs is 1.